The fourth-order valence-corrected chi connectivity index (χ4v) is 3.41. The van der Waals surface area contributed by atoms with Gasteiger partial charge in [0.15, 0.2) is 6.61 Å². The van der Waals surface area contributed by atoms with Crippen molar-refractivity contribution in [3.05, 3.63) is 102 Å². The van der Waals surface area contributed by atoms with E-state index in [1.54, 1.807) is 10.9 Å². The molecule has 1 N–H and O–H groups in total. The first kappa shape index (κ1) is 22.0. The van der Waals surface area contributed by atoms with Crippen molar-refractivity contribution >= 4 is 12.1 Å². The highest BCUT2D eigenvalue weighted by Crippen LogP contribution is 2.22. The molecule has 0 atom stereocenters. The first-order valence-electron chi connectivity index (χ1n) is 11.0. The maximum absolute atomic E-state index is 12.2. The van der Waals surface area contributed by atoms with Crippen molar-refractivity contribution < 1.29 is 9.53 Å². The van der Waals surface area contributed by atoms with E-state index in [2.05, 4.69) is 17.5 Å². The molecule has 0 radical (unpaired) electrons. The van der Waals surface area contributed by atoms with Gasteiger partial charge in [-0.2, -0.15) is 10.2 Å². The minimum atomic E-state index is -0.333. The highest BCUT2D eigenvalue weighted by atomic mass is 16.5. The molecule has 1 amide bonds. The third-order valence-corrected chi connectivity index (χ3v) is 5.04. The lowest BCUT2D eigenvalue weighted by Crippen LogP contribution is -2.24. The smallest absolute Gasteiger partial charge is 0.277 e. The molecule has 0 saturated carbocycles. The molecule has 1 heterocycles. The number of nitrogens with one attached hydrogen (secondary N) is 1. The molecule has 0 spiro atoms. The topological polar surface area (TPSA) is 68.5 Å². The Balaban J connectivity index is 1.42. The zero-order valence-electron chi connectivity index (χ0n) is 18.5. The van der Waals surface area contributed by atoms with Gasteiger partial charge in [-0.15, -0.1) is 0 Å². The van der Waals surface area contributed by atoms with E-state index in [-0.39, 0.29) is 12.5 Å². The summed E-state index contributed by atoms with van der Waals surface area (Å²) in [6.45, 7) is 2.03. The quantitative estimate of drug-likeness (QED) is 0.295. The number of amides is 1. The molecule has 33 heavy (non-hydrogen) atoms. The summed E-state index contributed by atoms with van der Waals surface area (Å²) < 4.78 is 7.36. The number of para-hydroxylation sites is 1. The Morgan fingerprint density at radius 1 is 1.00 bits per heavy atom. The molecule has 6 nitrogen and oxygen atoms in total. The van der Waals surface area contributed by atoms with Gasteiger partial charge in [0.2, 0.25) is 0 Å². The molecule has 4 aromatic rings. The Kier molecular flexibility index (Phi) is 7.28. The second-order valence-corrected chi connectivity index (χ2v) is 7.55. The average molecular weight is 439 g/mol. The van der Waals surface area contributed by atoms with Crippen LogP contribution in [0.1, 0.15) is 24.5 Å². The molecule has 3 aromatic carbocycles. The van der Waals surface area contributed by atoms with Crippen LogP contribution in [0.15, 0.2) is 96.2 Å². The summed E-state index contributed by atoms with van der Waals surface area (Å²) in [5.74, 6) is 0.324. The van der Waals surface area contributed by atoms with Crippen LogP contribution in [0.5, 0.6) is 5.75 Å². The lowest BCUT2D eigenvalue weighted by molar-refractivity contribution is -0.123. The molecule has 0 unspecified atom stereocenters. The summed E-state index contributed by atoms with van der Waals surface area (Å²) in [5.41, 5.74) is 7.26. The summed E-state index contributed by atoms with van der Waals surface area (Å²) in [6, 6.07) is 27.5. The fourth-order valence-electron chi connectivity index (χ4n) is 3.41. The molecular formula is C27H26N4O2. The van der Waals surface area contributed by atoms with Crippen LogP contribution in [0.4, 0.5) is 0 Å². The molecule has 0 aliphatic carbocycles. The molecule has 0 aliphatic rings. The number of benzene rings is 3. The van der Waals surface area contributed by atoms with Crippen LogP contribution in [0.25, 0.3) is 16.9 Å². The molecular weight excluding hydrogens is 412 g/mol. The fraction of sp³-hybridized carbons (Fsp3) is 0.148. The molecule has 4 rings (SSSR count). The molecule has 0 fully saturated rings. The van der Waals surface area contributed by atoms with Crippen molar-refractivity contribution in [2.45, 2.75) is 19.8 Å². The number of hydrogen-bond donors (Lipinski definition) is 1. The minimum Gasteiger partial charge on any atom is -0.484 e. The number of aromatic nitrogens is 2. The standard InChI is InChI=1S/C27H26N4O2/c1-2-9-21-14-16-25(17-15-21)33-20-26(32)29-28-18-23-19-31(24-12-7-4-8-13-24)30-27(23)22-10-5-3-6-11-22/h3-8,10-19H,2,9,20H2,1H3,(H,29,32). The Morgan fingerprint density at radius 2 is 1.70 bits per heavy atom. The molecule has 0 saturated heterocycles. The van der Waals surface area contributed by atoms with E-state index in [0.29, 0.717) is 5.75 Å². The van der Waals surface area contributed by atoms with Crippen LogP contribution in [-0.4, -0.2) is 28.5 Å². The highest BCUT2D eigenvalue weighted by Gasteiger charge is 2.11. The second-order valence-electron chi connectivity index (χ2n) is 7.55. The van der Waals surface area contributed by atoms with Crippen molar-refractivity contribution in [2.24, 2.45) is 5.10 Å². The molecule has 1 aromatic heterocycles. The Morgan fingerprint density at radius 3 is 2.39 bits per heavy atom. The van der Waals surface area contributed by atoms with Gasteiger partial charge in [0, 0.05) is 17.3 Å². The summed E-state index contributed by atoms with van der Waals surface area (Å²) in [4.78, 5) is 12.2. The third-order valence-electron chi connectivity index (χ3n) is 5.04. The number of hydrogen-bond acceptors (Lipinski definition) is 4. The highest BCUT2D eigenvalue weighted by molar-refractivity contribution is 5.89. The molecule has 166 valence electrons. The molecule has 0 aliphatic heterocycles. The van der Waals surface area contributed by atoms with Crippen LogP contribution in [0, 0.1) is 0 Å². The van der Waals surface area contributed by atoms with Gasteiger partial charge in [0.05, 0.1) is 11.9 Å². The predicted octanol–water partition coefficient (Wildman–Crippen LogP) is 5.02. The monoisotopic (exact) mass is 438 g/mol. The number of carbonyl (C=O) groups is 1. The largest absolute Gasteiger partial charge is 0.484 e. The van der Waals surface area contributed by atoms with E-state index >= 15 is 0 Å². The summed E-state index contributed by atoms with van der Waals surface area (Å²) in [6.07, 6.45) is 5.62. The van der Waals surface area contributed by atoms with Gasteiger partial charge < -0.3 is 4.74 Å². The van der Waals surface area contributed by atoms with E-state index in [9.17, 15) is 4.79 Å². The van der Waals surface area contributed by atoms with E-state index in [1.165, 1.54) is 5.56 Å². The van der Waals surface area contributed by atoms with Gasteiger partial charge in [-0.25, -0.2) is 10.1 Å². The molecule has 6 heteroatoms. The van der Waals surface area contributed by atoms with Gasteiger partial charge in [-0.05, 0) is 36.2 Å². The van der Waals surface area contributed by atoms with Gasteiger partial charge >= 0.3 is 0 Å². The van der Waals surface area contributed by atoms with E-state index < -0.39 is 0 Å². The zero-order valence-corrected chi connectivity index (χ0v) is 18.5. The van der Waals surface area contributed by atoms with Gasteiger partial charge in [-0.3, -0.25) is 4.79 Å². The number of ether oxygens (including phenoxy) is 1. The number of hydrazone groups is 1. The van der Waals surface area contributed by atoms with Crippen LogP contribution in [0.3, 0.4) is 0 Å². The van der Waals surface area contributed by atoms with Crippen LogP contribution < -0.4 is 10.2 Å². The van der Waals surface area contributed by atoms with Crippen molar-refractivity contribution in [3.8, 4) is 22.7 Å². The third kappa shape index (κ3) is 5.95. The van der Waals surface area contributed by atoms with Gasteiger partial charge in [0.1, 0.15) is 11.4 Å². The maximum Gasteiger partial charge on any atom is 0.277 e. The van der Waals surface area contributed by atoms with Crippen molar-refractivity contribution in [3.63, 3.8) is 0 Å². The van der Waals surface area contributed by atoms with Crippen LogP contribution >= 0.6 is 0 Å². The van der Waals surface area contributed by atoms with Crippen molar-refractivity contribution in [1.29, 1.82) is 0 Å². The van der Waals surface area contributed by atoms with Gasteiger partial charge in [-0.1, -0.05) is 74.0 Å². The SMILES string of the molecule is CCCc1ccc(OCC(=O)NN=Cc2cn(-c3ccccc3)nc2-c2ccccc2)cc1. The van der Waals surface area contributed by atoms with E-state index in [1.807, 2.05) is 91.1 Å². The number of nitrogens with zero attached hydrogens (tertiary/aromatic N) is 3. The lowest BCUT2D eigenvalue weighted by Gasteiger charge is -2.06. The normalized spacial score (nSPS) is 10.9. The summed E-state index contributed by atoms with van der Waals surface area (Å²) in [7, 11) is 0. The van der Waals surface area contributed by atoms with Crippen LogP contribution in [-0.2, 0) is 11.2 Å². The van der Waals surface area contributed by atoms with E-state index in [0.717, 1.165) is 35.3 Å². The maximum atomic E-state index is 12.2. The van der Waals surface area contributed by atoms with Gasteiger partial charge in [0.25, 0.3) is 5.91 Å². The van der Waals surface area contributed by atoms with Crippen molar-refractivity contribution in [1.82, 2.24) is 15.2 Å². The summed E-state index contributed by atoms with van der Waals surface area (Å²) >= 11 is 0. The minimum absolute atomic E-state index is 0.112. The summed E-state index contributed by atoms with van der Waals surface area (Å²) in [5, 5.41) is 8.86. The Hall–Kier alpha value is -4.19. The number of aryl methyl sites for hydroxylation is 1. The Bertz CT molecular complexity index is 1200. The number of rotatable bonds is 9. The lowest BCUT2D eigenvalue weighted by atomic mass is 10.1. The first-order valence-corrected chi connectivity index (χ1v) is 11.0. The zero-order chi connectivity index (χ0) is 22.9. The number of carbonyl (C=O) groups excluding carboxylic acids is 1. The Labute approximate surface area is 193 Å². The van der Waals surface area contributed by atoms with Crippen molar-refractivity contribution in [2.75, 3.05) is 6.61 Å². The van der Waals surface area contributed by atoms with Crippen LogP contribution in [0.2, 0.25) is 0 Å². The first-order chi connectivity index (χ1) is 16.2. The molecule has 0 bridgehead atoms. The average Bonchev–Trinajstić information content (AvgIpc) is 3.29. The second kappa shape index (κ2) is 10.9. The van der Waals surface area contributed by atoms with E-state index in [4.69, 9.17) is 9.84 Å². The predicted molar refractivity (Wildman–Crippen MR) is 131 cm³/mol.